The molecule has 3 aromatic rings. The Morgan fingerprint density at radius 1 is 1.19 bits per heavy atom. The monoisotopic (exact) mass is 459 g/mol. The van der Waals surface area contributed by atoms with Gasteiger partial charge in [0.1, 0.15) is 12.4 Å². The molecule has 0 saturated heterocycles. The van der Waals surface area contributed by atoms with Crippen molar-refractivity contribution in [2.24, 2.45) is 5.92 Å². The quantitative estimate of drug-likeness (QED) is 0.405. The number of ketones is 1. The number of aromatic nitrogens is 1. The first kappa shape index (κ1) is 17.3. The van der Waals surface area contributed by atoms with Gasteiger partial charge < -0.3 is 9.15 Å². The average Bonchev–Trinajstić information content (AvgIpc) is 3.12. The van der Waals surface area contributed by atoms with Crippen molar-refractivity contribution in [2.45, 2.75) is 25.9 Å². The summed E-state index contributed by atoms with van der Waals surface area (Å²) in [6.07, 6.45) is 3.99. The highest BCUT2D eigenvalue weighted by atomic mass is 127. The van der Waals surface area contributed by atoms with Gasteiger partial charge >= 0.3 is 0 Å². The molecule has 1 heterocycles. The van der Waals surface area contributed by atoms with Crippen molar-refractivity contribution in [3.8, 4) is 5.75 Å². The van der Waals surface area contributed by atoms with E-state index in [0.717, 1.165) is 30.6 Å². The Labute approximate surface area is 165 Å². The van der Waals surface area contributed by atoms with Crippen LogP contribution in [0.4, 0.5) is 0 Å². The first-order valence-corrected chi connectivity index (χ1v) is 9.71. The first-order valence-electron chi connectivity index (χ1n) is 8.63. The van der Waals surface area contributed by atoms with E-state index >= 15 is 0 Å². The van der Waals surface area contributed by atoms with Crippen molar-refractivity contribution < 1.29 is 13.9 Å². The van der Waals surface area contributed by atoms with Crippen LogP contribution in [0.1, 0.15) is 33.8 Å². The van der Waals surface area contributed by atoms with E-state index in [-0.39, 0.29) is 17.6 Å². The number of carbonyl (C=O) groups is 1. The summed E-state index contributed by atoms with van der Waals surface area (Å²) in [5.41, 5.74) is 3.63. The number of nitrogens with zero attached hydrogens (tertiary/aromatic N) is 1. The third-order valence-corrected chi connectivity index (χ3v) is 5.21. The van der Waals surface area contributed by atoms with Crippen molar-refractivity contribution in [1.82, 2.24) is 4.98 Å². The second-order valence-electron chi connectivity index (χ2n) is 6.48. The van der Waals surface area contributed by atoms with Crippen LogP contribution in [0.3, 0.4) is 0 Å². The van der Waals surface area contributed by atoms with Gasteiger partial charge in [-0.25, -0.2) is 4.98 Å². The Kier molecular flexibility index (Phi) is 5.06. The molecule has 0 bridgehead atoms. The van der Waals surface area contributed by atoms with Crippen molar-refractivity contribution in [3.05, 3.63) is 81.1 Å². The summed E-state index contributed by atoms with van der Waals surface area (Å²) in [6.45, 7) is 0.559. The van der Waals surface area contributed by atoms with Crippen LogP contribution in [0.5, 0.6) is 5.75 Å². The van der Waals surface area contributed by atoms with Gasteiger partial charge in [-0.05, 0) is 48.1 Å². The number of aryl methyl sites for hydroxylation is 1. The van der Waals surface area contributed by atoms with Crippen LogP contribution in [0, 0.1) is 9.68 Å². The number of hydrogen-bond donors (Lipinski definition) is 0. The molecule has 26 heavy (non-hydrogen) atoms. The van der Waals surface area contributed by atoms with E-state index in [2.05, 4.69) is 29.2 Å². The Hall–Kier alpha value is -2.15. The molecule has 1 aliphatic carbocycles. The number of oxazole rings is 1. The van der Waals surface area contributed by atoms with E-state index in [1.165, 1.54) is 11.1 Å². The lowest BCUT2D eigenvalue weighted by molar-refractivity contribution is 0.0871. The fraction of sp³-hybridized carbons (Fsp3) is 0.238. The maximum absolute atomic E-state index is 12.6. The lowest BCUT2D eigenvalue weighted by Crippen LogP contribution is -2.23. The minimum absolute atomic E-state index is 0.00275. The summed E-state index contributed by atoms with van der Waals surface area (Å²) < 4.78 is 11.9. The molecule has 0 N–H and O–H groups in total. The smallest absolute Gasteiger partial charge is 0.264 e. The molecule has 0 spiro atoms. The Balaban J connectivity index is 1.43. The summed E-state index contributed by atoms with van der Waals surface area (Å²) in [4.78, 5) is 16.6. The van der Waals surface area contributed by atoms with E-state index in [4.69, 9.17) is 9.15 Å². The Bertz CT molecular complexity index is 920. The van der Waals surface area contributed by atoms with Gasteiger partial charge in [0, 0.05) is 28.5 Å². The first-order chi connectivity index (χ1) is 12.7. The second kappa shape index (κ2) is 7.61. The average molecular weight is 459 g/mol. The van der Waals surface area contributed by atoms with Gasteiger partial charge in [0.2, 0.25) is 5.78 Å². The molecular formula is C21H18INO3. The highest BCUT2D eigenvalue weighted by Crippen LogP contribution is 2.30. The lowest BCUT2D eigenvalue weighted by atomic mass is 9.81. The molecule has 132 valence electrons. The Morgan fingerprint density at radius 2 is 2.04 bits per heavy atom. The zero-order valence-electron chi connectivity index (χ0n) is 14.2. The molecule has 1 aliphatic rings. The fourth-order valence-corrected chi connectivity index (χ4v) is 3.68. The van der Waals surface area contributed by atoms with E-state index in [1.54, 1.807) is 6.20 Å². The van der Waals surface area contributed by atoms with Crippen LogP contribution in [0.2, 0.25) is 0 Å². The van der Waals surface area contributed by atoms with Crippen LogP contribution >= 0.6 is 22.6 Å². The minimum atomic E-state index is -0.0620. The molecule has 1 aromatic heterocycles. The number of rotatable bonds is 5. The van der Waals surface area contributed by atoms with Crippen LogP contribution in [-0.2, 0) is 19.4 Å². The standard InChI is InChI=1S/C21H18INO3/c22-19-12-23-21(26-19)20(24)17-7-6-16-11-18(9-8-15(16)10-17)25-13-14-4-2-1-3-5-14/h1-5,8-9,11-12,17H,6-7,10,13H2/t17-/m0/s1. The number of halogens is 1. The lowest BCUT2D eigenvalue weighted by Gasteiger charge is -2.23. The maximum atomic E-state index is 12.6. The molecule has 1 atom stereocenters. The third kappa shape index (κ3) is 3.82. The largest absolute Gasteiger partial charge is 0.489 e. The number of benzene rings is 2. The summed E-state index contributed by atoms with van der Waals surface area (Å²) >= 11 is 2.03. The summed E-state index contributed by atoms with van der Waals surface area (Å²) in [6, 6.07) is 16.3. The molecular weight excluding hydrogens is 441 g/mol. The number of Topliss-reactive ketones (excluding diaryl/α,β-unsaturated/α-hetero) is 1. The highest BCUT2D eigenvalue weighted by molar-refractivity contribution is 14.1. The Morgan fingerprint density at radius 3 is 2.81 bits per heavy atom. The van der Waals surface area contributed by atoms with Gasteiger partial charge in [-0.15, -0.1) is 0 Å². The van der Waals surface area contributed by atoms with Gasteiger partial charge in [0.25, 0.3) is 5.89 Å². The summed E-state index contributed by atoms with van der Waals surface area (Å²) in [5.74, 6) is 1.04. The molecule has 4 nitrogen and oxygen atoms in total. The zero-order chi connectivity index (χ0) is 17.9. The molecule has 0 fully saturated rings. The summed E-state index contributed by atoms with van der Waals surface area (Å²) in [5, 5.41) is 0. The number of fused-ring (bicyclic) bond motifs is 1. The molecule has 2 aromatic carbocycles. The number of carbonyl (C=O) groups excluding carboxylic acids is 1. The molecule has 0 saturated carbocycles. The molecule has 5 heteroatoms. The second-order valence-corrected chi connectivity index (χ2v) is 7.54. The molecule has 0 aliphatic heterocycles. The van der Waals surface area contributed by atoms with Gasteiger partial charge in [-0.3, -0.25) is 4.79 Å². The van der Waals surface area contributed by atoms with E-state index < -0.39 is 0 Å². The molecule has 0 unspecified atom stereocenters. The molecule has 0 amide bonds. The predicted molar refractivity (Wildman–Crippen MR) is 106 cm³/mol. The fourth-order valence-electron chi connectivity index (χ4n) is 3.33. The normalized spacial score (nSPS) is 16.1. The topological polar surface area (TPSA) is 52.3 Å². The highest BCUT2D eigenvalue weighted by Gasteiger charge is 2.28. The van der Waals surface area contributed by atoms with Gasteiger partial charge in [-0.2, -0.15) is 0 Å². The molecule has 4 rings (SSSR count). The van der Waals surface area contributed by atoms with Crippen LogP contribution in [0.15, 0.2) is 59.1 Å². The van der Waals surface area contributed by atoms with Crippen LogP contribution in [-0.4, -0.2) is 10.8 Å². The third-order valence-electron chi connectivity index (χ3n) is 4.71. The van der Waals surface area contributed by atoms with Crippen molar-refractivity contribution in [3.63, 3.8) is 0 Å². The predicted octanol–water partition coefficient (Wildman–Crippen LogP) is 4.85. The number of hydrogen-bond acceptors (Lipinski definition) is 4. The van der Waals surface area contributed by atoms with E-state index in [1.807, 2.05) is 46.9 Å². The van der Waals surface area contributed by atoms with Gasteiger partial charge in [-0.1, -0.05) is 36.4 Å². The maximum Gasteiger partial charge on any atom is 0.264 e. The SMILES string of the molecule is O=C(c1ncc(I)o1)[C@H]1CCc2cc(OCc3ccccc3)ccc2C1. The van der Waals surface area contributed by atoms with Gasteiger partial charge in [0.05, 0.1) is 6.20 Å². The van der Waals surface area contributed by atoms with Crippen LogP contribution < -0.4 is 4.74 Å². The number of ether oxygens (including phenoxy) is 1. The minimum Gasteiger partial charge on any atom is -0.489 e. The molecule has 0 radical (unpaired) electrons. The van der Waals surface area contributed by atoms with Gasteiger partial charge in [0.15, 0.2) is 3.77 Å². The van der Waals surface area contributed by atoms with Crippen molar-refractivity contribution in [1.29, 1.82) is 0 Å². The van der Waals surface area contributed by atoms with Crippen LogP contribution in [0.25, 0.3) is 0 Å². The van der Waals surface area contributed by atoms with Crippen molar-refractivity contribution >= 4 is 28.4 Å². The zero-order valence-corrected chi connectivity index (χ0v) is 16.3. The summed E-state index contributed by atoms with van der Waals surface area (Å²) in [7, 11) is 0. The van der Waals surface area contributed by atoms with Crippen molar-refractivity contribution in [2.75, 3.05) is 0 Å². The van der Waals surface area contributed by atoms with E-state index in [0.29, 0.717) is 10.4 Å². The van der Waals surface area contributed by atoms with E-state index in [9.17, 15) is 4.79 Å².